The zero-order chi connectivity index (χ0) is 12.5. The first kappa shape index (κ1) is 14.4. The molecular weight excluding hydrogens is 286 g/mol. The molecule has 0 saturated heterocycles. The van der Waals surface area contributed by atoms with E-state index in [1.807, 2.05) is 25.2 Å². The van der Waals surface area contributed by atoms with Gasteiger partial charge in [-0.05, 0) is 40.7 Å². The van der Waals surface area contributed by atoms with Crippen molar-refractivity contribution >= 4 is 15.9 Å². The fourth-order valence-electron chi connectivity index (χ4n) is 1.35. The Hall–Kier alpha value is -0.620. The second-order valence-corrected chi connectivity index (χ2v) is 4.33. The standard InChI is InChI=1S/C12H18BrNO3/c1-14-9-10-2-3-12(11(13)8-10)17-7-6-16-5-4-15/h2-3,8,14-15H,4-7,9H2,1H3. The van der Waals surface area contributed by atoms with Crippen LogP contribution >= 0.6 is 15.9 Å². The van der Waals surface area contributed by atoms with Gasteiger partial charge in [-0.2, -0.15) is 0 Å². The van der Waals surface area contributed by atoms with Crippen LogP contribution in [0.4, 0.5) is 0 Å². The Morgan fingerprint density at radius 1 is 1.29 bits per heavy atom. The average molecular weight is 304 g/mol. The Bertz CT molecular complexity index is 334. The SMILES string of the molecule is CNCc1ccc(OCCOCCO)c(Br)c1. The molecule has 0 radical (unpaired) electrons. The van der Waals surface area contributed by atoms with Crippen molar-refractivity contribution in [3.05, 3.63) is 28.2 Å². The number of halogens is 1. The van der Waals surface area contributed by atoms with E-state index in [4.69, 9.17) is 14.6 Å². The van der Waals surface area contributed by atoms with Gasteiger partial charge in [-0.25, -0.2) is 0 Å². The zero-order valence-corrected chi connectivity index (χ0v) is 11.5. The van der Waals surface area contributed by atoms with Crippen LogP contribution in [0.1, 0.15) is 5.56 Å². The van der Waals surface area contributed by atoms with Crippen molar-refractivity contribution in [2.45, 2.75) is 6.54 Å². The number of hydrogen-bond acceptors (Lipinski definition) is 4. The molecule has 0 amide bonds. The van der Waals surface area contributed by atoms with Gasteiger partial charge in [0.15, 0.2) is 0 Å². The molecule has 5 heteroatoms. The summed E-state index contributed by atoms with van der Waals surface area (Å²) in [6, 6.07) is 5.98. The highest BCUT2D eigenvalue weighted by Gasteiger charge is 2.02. The third-order valence-electron chi connectivity index (χ3n) is 2.10. The van der Waals surface area contributed by atoms with Gasteiger partial charge in [-0.1, -0.05) is 6.07 Å². The molecule has 0 spiro atoms. The summed E-state index contributed by atoms with van der Waals surface area (Å²) in [5.74, 6) is 0.803. The lowest BCUT2D eigenvalue weighted by Gasteiger charge is -2.09. The van der Waals surface area contributed by atoms with Gasteiger partial charge in [0, 0.05) is 6.54 Å². The van der Waals surface area contributed by atoms with Gasteiger partial charge in [0.25, 0.3) is 0 Å². The quantitative estimate of drug-likeness (QED) is 0.716. The van der Waals surface area contributed by atoms with E-state index in [1.54, 1.807) is 0 Å². The minimum atomic E-state index is 0.0441. The van der Waals surface area contributed by atoms with Crippen molar-refractivity contribution in [3.8, 4) is 5.75 Å². The van der Waals surface area contributed by atoms with E-state index in [1.165, 1.54) is 5.56 Å². The van der Waals surface area contributed by atoms with Crippen LogP contribution in [0.2, 0.25) is 0 Å². The first-order valence-electron chi connectivity index (χ1n) is 5.52. The molecular formula is C12H18BrNO3. The van der Waals surface area contributed by atoms with Crippen LogP contribution < -0.4 is 10.1 Å². The highest BCUT2D eigenvalue weighted by molar-refractivity contribution is 9.10. The molecule has 96 valence electrons. The summed E-state index contributed by atoms with van der Waals surface area (Å²) in [7, 11) is 1.91. The Morgan fingerprint density at radius 3 is 2.76 bits per heavy atom. The minimum absolute atomic E-state index is 0.0441. The molecule has 0 heterocycles. The van der Waals surface area contributed by atoms with E-state index in [0.717, 1.165) is 16.8 Å². The lowest BCUT2D eigenvalue weighted by molar-refractivity contribution is 0.0703. The predicted molar refractivity (Wildman–Crippen MR) is 70.3 cm³/mol. The van der Waals surface area contributed by atoms with Crippen LogP contribution in [0.15, 0.2) is 22.7 Å². The van der Waals surface area contributed by atoms with Crippen molar-refractivity contribution in [3.63, 3.8) is 0 Å². The smallest absolute Gasteiger partial charge is 0.133 e. The molecule has 1 aromatic rings. The number of nitrogens with one attached hydrogen (secondary N) is 1. The minimum Gasteiger partial charge on any atom is -0.490 e. The Labute approximate surface area is 110 Å². The van der Waals surface area contributed by atoms with Crippen molar-refractivity contribution < 1.29 is 14.6 Å². The van der Waals surface area contributed by atoms with Gasteiger partial charge >= 0.3 is 0 Å². The molecule has 0 atom stereocenters. The molecule has 0 unspecified atom stereocenters. The Morgan fingerprint density at radius 2 is 2.12 bits per heavy atom. The molecule has 0 saturated carbocycles. The number of benzene rings is 1. The second-order valence-electron chi connectivity index (χ2n) is 3.48. The molecule has 0 aliphatic rings. The summed E-state index contributed by atoms with van der Waals surface area (Å²) in [6.07, 6.45) is 0. The zero-order valence-electron chi connectivity index (χ0n) is 9.91. The second kappa shape index (κ2) is 8.47. The summed E-state index contributed by atoms with van der Waals surface area (Å²) >= 11 is 3.47. The molecule has 2 N–H and O–H groups in total. The van der Waals surface area contributed by atoms with E-state index >= 15 is 0 Å². The fourth-order valence-corrected chi connectivity index (χ4v) is 1.89. The summed E-state index contributed by atoms with van der Waals surface area (Å²) in [5.41, 5.74) is 1.20. The van der Waals surface area contributed by atoms with Gasteiger partial charge in [0.2, 0.25) is 0 Å². The Balaban J connectivity index is 2.38. The molecule has 1 rings (SSSR count). The van der Waals surface area contributed by atoms with E-state index < -0.39 is 0 Å². The number of ether oxygens (including phenoxy) is 2. The third-order valence-corrected chi connectivity index (χ3v) is 2.72. The van der Waals surface area contributed by atoms with Crippen LogP contribution in [0.25, 0.3) is 0 Å². The molecule has 4 nitrogen and oxygen atoms in total. The predicted octanol–water partition coefficient (Wildman–Crippen LogP) is 1.56. The number of aliphatic hydroxyl groups is 1. The van der Waals surface area contributed by atoms with Crippen molar-refractivity contribution in [1.82, 2.24) is 5.32 Å². The van der Waals surface area contributed by atoms with E-state index in [9.17, 15) is 0 Å². The van der Waals surface area contributed by atoms with Crippen LogP contribution in [-0.2, 0) is 11.3 Å². The largest absolute Gasteiger partial charge is 0.490 e. The molecule has 0 bridgehead atoms. The highest BCUT2D eigenvalue weighted by Crippen LogP contribution is 2.25. The van der Waals surface area contributed by atoms with Crippen LogP contribution in [0, 0.1) is 0 Å². The van der Waals surface area contributed by atoms with Gasteiger partial charge < -0.3 is 19.9 Å². The number of rotatable bonds is 8. The van der Waals surface area contributed by atoms with E-state index in [-0.39, 0.29) is 6.61 Å². The van der Waals surface area contributed by atoms with Crippen LogP contribution in [0.3, 0.4) is 0 Å². The monoisotopic (exact) mass is 303 g/mol. The lowest BCUT2D eigenvalue weighted by Crippen LogP contribution is -2.09. The maximum absolute atomic E-state index is 8.53. The summed E-state index contributed by atoms with van der Waals surface area (Å²) in [5, 5.41) is 11.6. The lowest BCUT2D eigenvalue weighted by atomic mass is 10.2. The van der Waals surface area contributed by atoms with Gasteiger partial charge in [0.1, 0.15) is 12.4 Å². The topological polar surface area (TPSA) is 50.7 Å². The van der Waals surface area contributed by atoms with Crippen LogP contribution in [-0.4, -0.2) is 38.6 Å². The van der Waals surface area contributed by atoms with Crippen molar-refractivity contribution in [1.29, 1.82) is 0 Å². The molecule has 0 fully saturated rings. The molecule has 1 aromatic carbocycles. The maximum atomic E-state index is 8.53. The normalized spacial score (nSPS) is 10.5. The first-order chi connectivity index (χ1) is 8.27. The summed E-state index contributed by atoms with van der Waals surface area (Å²) in [6.45, 7) is 2.18. The first-order valence-corrected chi connectivity index (χ1v) is 6.31. The molecule has 0 aliphatic heterocycles. The van der Waals surface area contributed by atoms with E-state index in [0.29, 0.717) is 19.8 Å². The maximum Gasteiger partial charge on any atom is 0.133 e. The summed E-state index contributed by atoms with van der Waals surface area (Å²) in [4.78, 5) is 0. The third kappa shape index (κ3) is 5.50. The van der Waals surface area contributed by atoms with Crippen molar-refractivity contribution in [2.24, 2.45) is 0 Å². The molecule has 17 heavy (non-hydrogen) atoms. The molecule has 0 aromatic heterocycles. The summed E-state index contributed by atoms with van der Waals surface area (Å²) < 4.78 is 11.6. The molecule has 0 aliphatic carbocycles. The van der Waals surface area contributed by atoms with Gasteiger partial charge in [0.05, 0.1) is 24.3 Å². The van der Waals surface area contributed by atoms with E-state index in [2.05, 4.69) is 21.2 Å². The van der Waals surface area contributed by atoms with Crippen LogP contribution in [0.5, 0.6) is 5.75 Å². The van der Waals surface area contributed by atoms with Gasteiger partial charge in [-0.15, -0.1) is 0 Å². The van der Waals surface area contributed by atoms with Gasteiger partial charge in [-0.3, -0.25) is 0 Å². The number of hydrogen-bond donors (Lipinski definition) is 2. The number of aliphatic hydroxyl groups excluding tert-OH is 1. The fraction of sp³-hybridized carbons (Fsp3) is 0.500. The highest BCUT2D eigenvalue weighted by atomic mass is 79.9. The Kier molecular flexibility index (Phi) is 7.19. The van der Waals surface area contributed by atoms with Crippen molar-refractivity contribution in [2.75, 3.05) is 33.5 Å². The average Bonchev–Trinajstić information content (AvgIpc) is 2.32.